The lowest BCUT2D eigenvalue weighted by Crippen LogP contribution is -2.56. The second-order valence-electron chi connectivity index (χ2n) is 8.91. The third-order valence-corrected chi connectivity index (χ3v) is 6.29. The minimum Gasteiger partial charge on any atom is -0.361 e. The summed E-state index contributed by atoms with van der Waals surface area (Å²) in [5.41, 5.74) is -2.15. The number of amides is 1. The van der Waals surface area contributed by atoms with Gasteiger partial charge in [-0.3, -0.25) is 14.5 Å². The largest absolute Gasteiger partial charge is 0.417 e. The number of aromatic nitrogens is 1. The van der Waals surface area contributed by atoms with E-state index >= 15 is 0 Å². The van der Waals surface area contributed by atoms with Gasteiger partial charge in [-0.05, 0) is 43.2 Å². The Labute approximate surface area is 202 Å². The van der Waals surface area contributed by atoms with Crippen molar-refractivity contribution < 1.29 is 35.9 Å². The van der Waals surface area contributed by atoms with Crippen LogP contribution >= 0.6 is 0 Å². The molecule has 1 aliphatic rings. The van der Waals surface area contributed by atoms with E-state index in [4.69, 9.17) is 0 Å². The number of alkyl halides is 6. The molecule has 1 amide bonds. The zero-order valence-corrected chi connectivity index (χ0v) is 19.2. The Morgan fingerprint density at radius 1 is 1.00 bits per heavy atom. The number of rotatable bonds is 5. The molecule has 1 saturated heterocycles. The lowest BCUT2D eigenvalue weighted by molar-refractivity contribution is -0.141. The van der Waals surface area contributed by atoms with Crippen LogP contribution in [-0.4, -0.2) is 58.7 Å². The number of ketones is 1. The van der Waals surface area contributed by atoms with E-state index in [1.165, 1.54) is 11.8 Å². The van der Waals surface area contributed by atoms with Crippen molar-refractivity contribution in [2.24, 2.45) is 0 Å². The summed E-state index contributed by atoms with van der Waals surface area (Å²) in [6.45, 7) is 1.86. The molecular formula is C25H23F6N3O2. The lowest BCUT2D eigenvalue weighted by atomic mass is 9.97. The van der Waals surface area contributed by atoms with Gasteiger partial charge < -0.3 is 9.88 Å². The quantitative estimate of drug-likeness (QED) is 0.482. The van der Waals surface area contributed by atoms with Gasteiger partial charge in [-0.1, -0.05) is 18.2 Å². The number of fused-ring (bicyclic) bond motifs is 1. The Kier molecular flexibility index (Phi) is 6.87. The van der Waals surface area contributed by atoms with Gasteiger partial charge >= 0.3 is 12.4 Å². The first-order valence-corrected chi connectivity index (χ1v) is 11.2. The zero-order chi connectivity index (χ0) is 26.3. The Hall–Kier alpha value is -3.34. The van der Waals surface area contributed by atoms with Crippen LogP contribution in [0.25, 0.3) is 10.9 Å². The van der Waals surface area contributed by atoms with E-state index < -0.39 is 41.0 Å². The fraction of sp³-hybridized carbons (Fsp3) is 0.360. The molecule has 0 unspecified atom stereocenters. The summed E-state index contributed by atoms with van der Waals surface area (Å²) in [5.74, 6) is -1.24. The van der Waals surface area contributed by atoms with Gasteiger partial charge in [0.1, 0.15) is 5.78 Å². The van der Waals surface area contributed by atoms with Gasteiger partial charge in [-0.2, -0.15) is 26.3 Å². The predicted octanol–water partition coefficient (Wildman–Crippen LogP) is 5.16. The van der Waals surface area contributed by atoms with Crippen LogP contribution in [0.1, 0.15) is 34.0 Å². The molecule has 0 radical (unpaired) electrons. The summed E-state index contributed by atoms with van der Waals surface area (Å²) in [7, 11) is 0. The summed E-state index contributed by atoms with van der Waals surface area (Å²) in [4.78, 5) is 31.2. The molecule has 4 rings (SSSR count). The maximum atomic E-state index is 13.7. The number of halogens is 6. The third-order valence-electron chi connectivity index (χ3n) is 6.29. The molecule has 1 aliphatic heterocycles. The van der Waals surface area contributed by atoms with Crippen LogP contribution in [0.15, 0.2) is 48.7 Å². The molecular weight excluding hydrogens is 488 g/mol. The summed E-state index contributed by atoms with van der Waals surface area (Å²) >= 11 is 0. The molecule has 1 atom stereocenters. The van der Waals surface area contributed by atoms with Gasteiger partial charge in [0, 0.05) is 42.8 Å². The van der Waals surface area contributed by atoms with Crippen molar-refractivity contribution in [2.45, 2.75) is 31.7 Å². The van der Waals surface area contributed by atoms with Crippen LogP contribution in [0.4, 0.5) is 26.3 Å². The Morgan fingerprint density at radius 2 is 1.72 bits per heavy atom. The van der Waals surface area contributed by atoms with Crippen LogP contribution in [0.5, 0.6) is 0 Å². The molecule has 5 nitrogen and oxygen atoms in total. The number of nitrogens with one attached hydrogen (secondary N) is 1. The van der Waals surface area contributed by atoms with Crippen LogP contribution < -0.4 is 0 Å². The maximum absolute atomic E-state index is 13.7. The molecule has 1 aromatic heterocycles. The standard InChI is InChI=1S/C25H23F6N3O2/c1-15(35)13-33-8-9-34(18(14-33)10-16-12-32-22-5-3-2-4-19(16)22)23(36)20-11-17(24(26,27)28)6-7-21(20)25(29,30)31/h2-7,11-12,18,32H,8-10,13-14H2,1H3/t18-/m1/s1. The van der Waals surface area contributed by atoms with Gasteiger partial charge in [-0.15, -0.1) is 0 Å². The molecule has 36 heavy (non-hydrogen) atoms. The Bertz CT molecular complexity index is 1280. The zero-order valence-electron chi connectivity index (χ0n) is 19.2. The summed E-state index contributed by atoms with van der Waals surface area (Å²) in [5, 5.41) is 0.864. The fourth-order valence-electron chi connectivity index (χ4n) is 4.67. The molecule has 11 heteroatoms. The molecule has 3 aromatic rings. The van der Waals surface area contributed by atoms with E-state index in [0.717, 1.165) is 16.5 Å². The monoisotopic (exact) mass is 511 g/mol. The highest BCUT2D eigenvalue weighted by atomic mass is 19.4. The van der Waals surface area contributed by atoms with Gasteiger partial charge in [-0.25, -0.2) is 0 Å². The molecule has 0 bridgehead atoms. The molecule has 1 N–H and O–H groups in total. The average Bonchev–Trinajstić information content (AvgIpc) is 3.20. The summed E-state index contributed by atoms with van der Waals surface area (Å²) < 4.78 is 81.0. The summed E-state index contributed by atoms with van der Waals surface area (Å²) in [6, 6.07) is 7.60. The number of benzene rings is 2. The Morgan fingerprint density at radius 3 is 2.39 bits per heavy atom. The summed E-state index contributed by atoms with van der Waals surface area (Å²) in [6.07, 6.45) is -7.95. The number of Topliss-reactive ketones (excluding diaryl/α,β-unsaturated/α-hetero) is 1. The predicted molar refractivity (Wildman–Crippen MR) is 120 cm³/mol. The van der Waals surface area contributed by atoms with Crippen LogP contribution in [0.3, 0.4) is 0 Å². The van der Waals surface area contributed by atoms with E-state index in [9.17, 15) is 35.9 Å². The number of hydrogen-bond donors (Lipinski definition) is 1. The molecule has 0 spiro atoms. The van der Waals surface area contributed by atoms with Gasteiger partial charge in [0.15, 0.2) is 0 Å². The highest BCUT2D eigenvalue weighted by Crippen LogP contribution is 2.37. The third kappa shape index (κ3) is 5.40. The molecule has 0 aliphatic carbocycles. The van der Waals surface area contributed by atoms with Crippen LogP contribution in [-0.2, 0) is 23.6 Å². The number of carbonyl (C=O) groups excluding carboxylic acids is 2. The molecule has 2 heterocycles. The van der Waals surface area contributed by atoms with Gasteiger partial charge in [0.25, 0.3) is 5.91 Å². The number of piperazine rings is 1. The first kappa shape index (κ1) is 25.7. The number of H-pyrrole nitrogens is 1. The fourth-order valence-corrected chi connectivity index (χ4v) is 4.67. The van der Waals surface area contributed by atoms with Gasteiger partial charge in [0.2, 0.25) is 0 Å². The second-order valence-corrected chi connectivity index (χ2v) is 8.91. The molecule has 1 fully saturated rings. The average molecular weight is 511 g/mol. The van der Waals surface area contributed by atoms with E-state index in [0.29, 0.717) is 12.1 Å². The first-order valence-electron chi connectivity index (χ1n) is 11.2. The van der Waals surface area contributed by atoms with E-state index in [1.807, 2.05) is 24.3 Å². The number of hydrogen-bond acceptors (Lipinski definition) is 3. The maximum Gasteiger partial charge on any atom is 0.417 e. The normalized spacial score (nSPS) is 17.5. The molecule has 2 aromatic carbocycles. The second kappa shape index (κ2) is 9.61. The van der Waals surface area contributed by atoms with E-state index in [-0.39, 0.29) is 44.4 Å². The van der Waals surface area contributed by atoms with E-state index in [2.05, 4.69) is 4.98 Å². The number of nitrogens with zero attached hydrogens (tertiary/aromatic N) is 2. The number of carbonyl (C=O) groups is 2. The van der Waals surface area contributed by atoms with Crippen LogP contribution in [0.2, 0.25) is 0 Å². The Balaban J connectivity index is 1.73. The number of para-hydroxylation sites is 1. The SMILES string of the molecule is CC(=O)CN1CCN(C(=O)c2cc(C(F)(F)F)ccc2C(F)(F)F)[C@H](Cc2c[nH]c3ccccc23)C1. The van der Waals surface area contributed by atoms with Crippen LogP contribution in [0, 0.1) is 0 Å². The van der Waals surface area contributed by atoms with Crippen molar-refractivity contribution in [3.05, 3.63) is 70.9 Å². The molecule has 0 saturated carbocycles. The minimum atomic E-state index is -5.02. The van der Waals surface area contributed by atoms with Crippen molar-refractivity contribution in [1.29, 1.82) is 0 Å². The van der Waals surface area contributed by atoms with E-state index in [1.54, 1.807) is 11.1 Å². The number of aromatic amines is 1. The highest BCUT2D eigenvalue weighted by Gasteiger charge is 2.41. The topological polar surface area (TPSA) is 56.4 Å². The minimum absolute atomic E-state index is 0.0350. The highest BCUT2D eigenvalue weighted by molar-refractivity contribution is 5.96. The first-order chi connectivity index (χ1) is 16.8. The lowest BCUT2D eigenvalue weighted by Gasteiger charge is -2.41. The van der Waals surface area contributed by atoms with Crippen molar-refractivity contribution >= 4 is 22.6 Å². The van der Waals surface area contributed by atoms with Crippen molar-refractivity contribution in [3.63, 3.8) is 0 Å². The molecule has 192 valence electrons. The van der Waals surface area contributed by atoms with Crippen molar-refractivity contribution in [3.8, 4) is 0 Å². The van der Waals surface area contributed by atoms with Gasteiger partial charge in [0.05, 0.1) is 23.2 Å². The smallest absolute Gasteiger partial charge is 0.361 e. The van der Waals surface area contributed by atoms with Crippen molar-refractivity contribution in [2.75, 3.05) is 26.2 Å². The van der Waals surface area contributed by atoms with Crippen molar-refractivity contribution in [1.82, 2.24) is 14.8 Å².